The van der Waals surface area contributed by atoms with Crippen molar-refractivity contribution >= 4 is 0 Å². The summed E-state index contributed by atoms with van der Waals surface area (Å²) in [5.74, 6) is 0. The highest BCUT2D eigenvalue weighted by atomic mass is 16.3. The van der Waals surface area contributed by atoms with E-state index < -0.39 is 5.60 Å². The molecule has 0 aromatic heterocycles. The Morgan fingerprint density at radius 2 is 2.31 bits per heavy atom. The number of aliphatic hydroxyl groups is 1. The average Bonchev–Trinajstić information content (AvgIpc) is 2.11. The molecule has 0 saturated carbocycles. The van der Waals surface area contributed by atoms with Gasteiger partial charge in [0.2, 0.25) is 0 Å². The van der Waals surface area contributed by atoms with Gasteiger partial charge < -0.3 is 10.4 Å². The molecule has 0 radical (unpaired) electrons. The van der Waals surface area contributed by atoms with Crippen LogP contribution in [0.2, 0.25) is 0 Å². The number of β-amino-alcohol motifs (C(OH)–C–C–N with tert-alkyl or cyclic N) is 1. The van der Waals surface area contributed by atoms with Crippen LogP contribution in [-0.4, -0.2) is 47.8 Å². The highest BCUT2D eigenvalue weighted by Crippen LogP contribution is 2.10. The lowest BCUT2D eigenvalue weighted by Gasteiger charge is -2.27. The fourth-order valence-corrected chi connectivity index (χ4v) is 1.93. The van der Waals surface area contributed by atoms with Crippen LogP contribution in [0.25, 0.3) is 0 Å². The first-order chi connectivity index (χ1) is 6.03. The number of rotatable bonds is 2. The van der Waals surface area contributed by atoms with E-state index in [0.717, 1.165) is 26.1 Å². The molecule has 0 aromatic rings. The van der Waals surface area contributed by atoms with Gasteiger partial charge in [-0.25, -0.2) is 0 Å². The van der Waals surface area contributed by atoms with Gasteiger partial charge in [-0.05, 0) is 26.8 Å². The third-order valence-corrected chi connectivity index (χ3v) is 2.47. The lowest BCUT2D eigenvalue weighted by atomic mass is 10.1. The molecule has 1 saturated heterocycles. The van der Waals surface area contributed by atoms with Crippen molar-refractivity contribution in [2.75, 3.05) is 26.2 Å². The third-order valence-electron chi connectivity index (χ3n) is 2.47. The van der Waals surface area contributed by atoms with Crippen LogP contribution in [0.5, 0.6) is 0 Å². The first-order valence-corrected chi connectivity index (χ1v) is 5.21. The Morgan fingerprint density at radius 3 is 2.92 bits per heavy atom. The van der Waals surface area contributed by atoms with E-state index >= 15 is 0 Å². The molecule has 0 aromatic carbocycles. The summed E-state index contributed by atoms with van der Waals surface area (Å²) >= 11 is 0. The average molecular weight is 186 g/mol. The molecule has 0 amide bonds. The second-order valence-electron chi connectivity index (χ2n) is 4.51. The molecular weight excluding hydrogens is 164 g/mol. The molecule has 2 atom stereocenters. The third kappa shape index (κ3) is 3.63. The van der Waals surface area contributed by atoms with Crippen molar-refractivity contribution in [2.45, 2.75) is 38.8 Å². The molecular formula is C10H22N2O. The zero-order valence-electron chi connectivity index (χ0n) is 9.01. The summed E-state index contributed by atoms with van der Waals surface area (Å²) < 4.78 is 0. The SMILES string of the molecule is CCCN1CC(C)NCC(C)(O)C1. The minimum atomic E-state index is -0.570. The molecule has 3 nitrogen and oxygen atoms in total. The topological polar surface area (TPSA) is 35.5 Å². The predicted octanol–water partition coefficient (Wildman–Crippen LogP) is 0.441. The minimum Gasteiger partial charge on any atom is -0.388 e. The standard InChI is InChI=1S/C10H22N2O/c1-4-5-12-6-9(2)11-7-10(3,13)8-12/h9,11,13H,4-8H2,1-3H3. The summed E-state index contributed by atoms with van der Waals surface area (Å²) in [4.78, 5) is 2.34. The summed E-state index contributed by atoms with van der Waals surface area (Å²) in [6, 6.07) is 0.487. The van der Waals surface area contributed by atoms with Crippen LogP contribution in [0.1, 0.15) is 27.2 Å². The molecule has 1 rings (SSSR count). The maximum atomic E-state index is 9.97. The molecule has 1 heterocycles. The first-order valence-electron chi connectivity index (χ1n) is 5.21. The van der Waals surface area contributed by atoms with Gasteiger partial charge in [-0.1, -0.05) is 6.92 Å². The van der Waals surface area contributed by atoms with Crippen LogP contribution in [0.4, 0.5) is 0 Å². The quantitative estimate of drug-likeness (QED) is 0.657. The number of hydrogen-bond donors (Lipinski definition) is 2. The van der Waals surface area contributed by atoms with Crippen molar-refractivity contribution < 1.29 is 5.11 Å². The van der Waals surface area contributed by atoms with Gasteiger partial charge in [-0.15, -0.1) is 0 Å². The molecule has 2 N–H and O–H groups in total. The van der Waals surface area contributed by atoms with Crippen LogP contribution in [-0.2, 0) is 0 Å². The van der Waals surface area contributed by atoms with Crippen molar-refractivity contribution in [1.29, 1.82) is 0 Å². The largest absolute Gasteiger partial charge is 0.388 e. The van der Waals surface area contributed by atoms with Crippen molar-refractivity contribution in [1.82, 2.24) is 10.2 Å². The van der Waals surface area contributed by atoms with E-state index in [1.807, 2.05) is 6.92 Å². The molecule has 0 bridgehead atoms. The fourth-order valence-electron chi connectivity index (χ4n) is 1.93. The molecule has 1 aliphatic rings. The second-order valence-corrected chi connectivity index (χ2v) is 4.51. The minimum absolute atomic E-state index is 0.487. The van der Waals surface area contributed by atoms with E-state index in [1.54, 1.807) is 0 Å². The summed E-state index contributed by atoms with van der Waals surface area (Å²) in [7, 11) is 0. The zero-order valence-corrected chi connectivity index (χ0v) is 9.01. The molecule has 0 spiro atoms. The van der Waals surface area contributed by atoms with Crippen LogP contribution in [0, 0.1) is 0 Å². The Labute approximate surface area is 81.1 Å². The Kier molecular flexibility index (Phi) is 3.71. The molecule has 1 fully saturated rings. The Bertz CT molecular complexity index is 159. The summed E-state index contributed by atoms with van der Waals surface area (Å²) in [5.41, 5.74) is -0.570. The Balaban J connectivity index is 2.52. The van der Waals surface area contributed by atoms with Crippen molar-refractivity contribution in [3.63, 3.8) is 0 Å². The van der Waals surface area contributed by atoms with Crippen LogP contribution >= 0.6 is 0 Å². The Hall–Kier alpha value is -0.120. The molecule has 2 unspecified atom stereocenters. The monoisotopic (exact) mass is 186 g/mol. The number of nitrogens with zero attached hydrogens (tertiary/aromatic N) is 1. The van der Waals surface area contributed by atoms with Crippen LogP contribution in [0.3, 0.4) is 0 Å². The maximum Gasteiger partial charge on any atom is 0.0869 e. The van der Waals surface area contributed by atoms with Gasteiger partial charge in [0.25, 0.3) is 0 Å². The van der Waals surface area contributed by atoms with Crippen molar-refractivity contribution in [3.8, 4) is 0 Å². The smallest absolute Gasteiger partial charge is 0.0869 e. The van der Waals surface area contributed by atoms with Crippen molar-refractivity contribution in [3.05, 3.63) is 0 Å². The lowest BCUT2D eigenvalue weighted by Crippen LogP contribution is -2.43. The van der Waals surface area contributed by atoms with E-state index in [-0.39, 0.29) is 0 Å². The highest BCUT2D eigenvalue weighted by molar-refractivity contribution is 4.86. The van der Waals surface area contributed by atoms with E-state index in [9.17, 15) is 5.11 Å². The van der Waals surface area contributed by atoms with Gasteiger partial charge in [0, 0.05) is 25.7 Å². The summed E-state index contributed by atoms with van der Waals surface area (Å²) in [5, 5.41) is 13.3. The van der Waals surface area contributed by atoms with Gasteiger partial charge in [0.1, 0.15) is 0 Å². The highest BCUT2D eigenvalue weighted by Gasteiger charge is 2.28. The molecule has 13 heavy (non-hydrogen) atoms. The second kappa shape index (κ2) is 4.40. The molecule has 1 aliphatic heterocycles. The van der Waals surface area contributed by atoms with Gasteiger partial charge in [0.15, 0.2) is 0 Å². The van der Waals surface area contributed by atoms with E-state index in [0.29, 0.717) is 12.6 Å². The summed E-state index contributed by atoms with van der Waals surface area (Å²) in [6.07, 6.45) is 1.16. The normalized spacial score (nSPS) is 37.4. The Morgan fingerprint density at radius 1 is 1.62 bits per heavy atom. The molecule has 78 valence electrons. The first kappa shape index (κ1) is 11.0. The van der Waals surface area contributed by atoms with Gasteiger partial charge in [-0.2, -0.15) is 0 Å². The number of hydrogen-bond acceptors (Lipinski definition) is 3. The van der Waals surface area contributed by atoms with E-state index in [1.165, 1.54) is 0 Å². The van der Waals surface area contributed by atoms with Crippen molar-refractivity contribution in [2.24, 2.45) is 0 Å². The van der Waals surface area contributed by atoms with E-state index in [4.69, 9.17) is 0 Å². The fraction of sp³-hybridized carbons (Fsp3) is 1.00. The lowest BCUT2D eigenvalue weighted by molar-refractivity contribution is 0.0343. The van der Waals surface area contributed by atoms with Crippen LogP contribution in [0.15, 0.2) is 0 Å². The van der Waals surface area contributed by atoms with E-state index in [2.05, 4.69) is 24.1 Å². The van der Waals surface area contributed by atoms with Gasteiger partial charge in [0.05, 0.1) is 5.60 Å². The summed E-state index contributed by atoms with van der Waals surface area (Å²) in [6.45, 7) is 9.88. The molecule has 3 heteroatoms. The predicted molar refractivity (Wildman–Crippen MR) is 54.8 cm³/mol. The van der Waals surface area contributed by atoms with Gasteiger partial charge in [-0.3, -0.25) is 4.90 Å². The van der Waals surface area contributed by atoms with Gasteiger partial charge >= 0.3 is 0 Å². The number of nitrogens with one attached hydrogen (secondary N) is 1. The molecule has 0 aliphatic carbocycles. The van der Waals surface area contributed by atoms with Crippen LogP contribution < -0.4 is 5.32 Å². The maximum absolute atomic E-state index is 9.97. The zero-order chi connectivity index (χ0) is 9.90.